The highest BCUT2D eigenvalue weighted by atomic mass is 16.5. The lowest BCUT2D eigenvalue weighted by Gasteiger charge is -2.15. The topological polar surface area (TPSA) is 73.9 Å². The van der Waals surface area contributed by atoms with Crippen LogP contribution in [-0.2, 0) is 27.2 Å². The van der Waals surface area contributed by atoms with E-state index < -0.39 is 18.0 Å². The van der Waals surface area contributed by atoms with E-state index in [0.29, 0.717) is 17.2 Å². The van der Waals surface area contributed by atoms with Gasteiger partial charge in [0, 0.05) is 11.8 Å². The predicted octanol–water partition coefficient (Wildman–Crippen LogP) is 4.16. The van der Waals surface area contributed by atoms with E-state index in [0.717, 1.165) is 24.8 Å². The van der Waals surface area contributed by atoms with Gasteiger partial charge in [0.25, 0.3) is 5.91 Å². The smallest absolute Gasteiger partial charge is 0.311 e. The van der Waals surface area contributed by atoms with Gasteiger partial charge in [0.05, 0.1) is 20.6 Å². The third kappa shape index (κ3) is 6.82. The number of hydrogen-bond acceptors (Lipinski definition) is 5. The highest BCUT2D eigenvalue weighted by Crippen LogP contribution is 2.29. The number of methoxy groups -OCH3 is 2. The Labute approximate surface area is 172 Å². The van der Waals surface area contributed by atoms with Crippen LogP contribution in [0, 0.1) is 0 Å². The second-order valence-electron chi connectivity index (χ2n) is 6.79. The van der Waals surface area contributed by atoms with E-state index in [4.69, 9.17) is 14.2 Å². The van der Waals surface area contributed by atoms with Gasteiger partial charge >= 0.3 is 5.97 Å². The molecule has 1 N–H and O–H groups in total. The SMILES string of the molecule is CCCCc1ccc(CC(=O)O[C@H](C)C(=O)Nc2ccc(OC)c(OC)c2)cc1. The number of anilines is 1. The number of esters is 1. The maximum atomic E-state index is 12.3. The summed E-state index contributed by atoms with van der Waals surface area (Å²) in [6.45, 7) is 3.70. The molecule has 1 amide bonds. The Hall–Kier alpha value is -3.02. The average Bonchev–Trinajstić information content (AvgIpc) is 2.72. The molecule has 6 nitrogen and oxygen atoms in total. The van der Waals surface area contributed by atoms with Crippen LogP contribution in [0.15, 0.2) is 42.5 Å². The van der Waals surface area contributed by atoms with Crippen molar-refractivity contribution in [2.45, 2.75) is 45.6 Å². The van der Waals surface area contributed by atoms with Gasteiger partial charge in [-0.1, -0.05) is 37.6 Å². The Balaban J connectivity index is 1.87. The summed E-state index contributed by atoms with van der Waals surface area (Å²) < 4.78 is 15.7. The van der Waals surface area contributed by atoms with Crippen LogP contribution in [0.2, 0.25) is 0 Å². The molecule has 0 aliphatic heterocycles. The Morgan fingerprint density at radius 3 is 2.24 bits per heavy atom. The van der Waals surface area contributed by atoms with Gasteiger partial charge in [-0.2, -0.15) is 0 Å². The lowest BCUT2D eigenvalue weighted by Crippen LogP contribution is -2.30. The zero-order valence-corrected chi connectivity index (χ0v) is 17.5. The molecule has 2 rings (SSSR count). The Morgan fingerprint density at radius 2 is 1.62 bits per heavy atom. The Morgan fingerprint density at radius 1 is 0.966 bits per heavy atom. The van der Waals surface area contributed by atoms with Crippen molar-refractivity contribution in [1.29, 1.82) is 0 Å². The first kappa shape index (κ1) is 22.3. The molecule has 0 unspecified atom stereocenters. The molecule has 0 heterocycles. The number of rotatable bonds is 10. The molecule has 2 aromatic rings. The minimum atomic E-state index is -0.917. The van der Waals surface area contributed by atoms with Crippen molar-refractivity contribution < 1.29 is 23.8 Å². The fourth-order valence-electron chi connectivity index (χ4n) is 2.82. The Bertz CT molecular complexity index is 817. The summed E-state index contributed by atoms with van der Waals surface area (Å²) in [6.07, 6.45) is 2.54. The minimum Gasteiger partial charge on any atom is -0.493 e. The summed E-state index contributed by atoms with van der Waals surface area (Å²) in [7, 11) is 3.06. The average molecular weight is 399 g/mol. The summed E-state index contributed by atoms with van der Waals surface area (Å²) >= 11 is 0. The molecule has 156 valence electrons. The highest BCUT2D eigenvalue weighted by molar-refractivity contribution is 5.95. The zero-order chi connectivity index (χ0) is 21.2. The molecule has 0 fully saturated rings. The number of benzene rings is 2. The van der Waals surface area contributed by atoms with Crippen LogP contribution in [0.1, 0.15) is 37.8 Å². The summed E-state index contributed by atoms with van der Waals surface area (Å²) in [5.41, 5.74) is 2.65. The molecule has 0 saturated heterocycles. The van der Waals surface area contributed by atoms with Crippen LogP contribution in [0.5, 0.6) is 11.5 Å². The molecule has 0 saturated carbocycles. The number of hydrogen-bond donors (Lipinski definition) is 1. The molecular weight excluding hydrogens is 370 g/mol. The molecule has 2 aromatic carbocycles. The third-order valence-corrected chi connectivity index (χ3v) is 4.52. The van der Waals surface area contributed by atoms with E-state index in [2.05, 4.69) is 12.2 Å². The van der Waals surface area contributed by atoms with Crippen molar-refractivity contribution in [2.24, 2.45) is 0 Å². The molecule has 0 spiro atoms. The lowest BCUT2D eigenvalue weighted by atomic mass is 10.1. The van der Waals surface area contributed by atoms with E-state index in [1.165, 1.54) is 19.8 Å². The van der Waals surface area contributed by atoms with Crippen LogP contribution in [0.3, 0.4) is 0 Å². The van der Waals surface area contributed by atoms with Crippen molar-refractivity contribution in [3.63, 3.8) is 0 Å². The molecular formula is C23H29NO5. The molecule has 0 aliphatic rings. The van der Waals surface area contributed by atoms with Gasteiger partial charge in [0.2, 0.25) is 0 Å². The number of carbonyl (C=O) groups is 2. The quantitative estimate of drug-likeness (QED) is 0.607. The molecule has 1 atom stereocenters. The van der Waals surface area contributed by atoms with E-state index in [-0.39, 0.29) is 6.42 Å². The summed E-state index contributed by atoms with van der Waals surface area (Å²) in [5.74, 6) is 0.199. The van der Waals surface area contributed by atoms with Crippen molar-refractivity contribution in [1.82, 2.24) is 0 Å². The first-order chi connectivity index (χ1) is 14.0. The maximum Gasteiger partial charge on any atom is 0.311 e. The van der Waals surface area contributed by atoms with Crippen molar-refractivity contribution in [3.8, 4) is 11.5 Å². The standard InChI is InChI=1S/C23H29NO5/c1-5-6-7-17-8-10-18(11-9-17)14-22(25)29-16(2)23(26)24-19-12-13-20(27-3)21(15-19)28-4/h8-13,15-16H,5-7,14H2,1-4H3,(H,24,26)/t16-/m1/s1. The first-order valence-corrected chi connectivity index (χ1v) is 9.77. The van der Waals surface area contributed by atoms with Crippen molar-refractivity contribution in [3.05, 3.63) is 53.6 Å². The van der Waals surface area contributed by atoms with Gasteiger partial charge < -0.3 is 19.5 Å². The fourth-order valence-corrected chi connectivity index (χ4v) is 2.82. The van der Waals surface area contributed by atoms with E-state index in [1.807, 2.05) is 24.3 Å². The second-order valence-corrected chi connectivity index (χ2v) is 6.79. The monoisotopic (exact) mass is 399 g/mol. The number of aryl methyl sites for hydroxylation is 1. The van der Waals surface area contributed by atoms with Gasteiger partial charge in [-0.3, -0.25) is 9.59 Å². The molecule has 29 heavy (non-hydrogen) atoms. The van der Waals surface area contributed by atoms with Crippen molar-refractivity contribution in [2.75, 3.05) is 19.5 Å². The summed E-state index contributed by atoms with van der Waals surface area (Å²) in [4.78, 5) is 24.5. The number of carbonyl (C=O) groups excluding carboxylic acids is 2. The van der Waals surface area contributed by atoms with Gasteiger partial charge in [0.15, 0.2) is 17.6 Å². The third-order valence-electron chi connectivity index (χ3n) is 4.52. The molecule has 0 radical (unpaired) electrons. The maximum absolute atomic E-state index is 12.3. The summed E-state index contributed by atoms with van der Waals surface area (Å²) in [6, 6.07) is 13.0. The van der Waals surface area contributed by atoms with Gasteiger partial charge in [-0.25, -0.2) is 0 Å². The number of unbranched alkanes of at least 4 members (excludes halogenated alkanes) is 1. The molecule has 0 bridgehead atoms. The molecule has 0 aliphatic carbocycles. The highest BCUT2D eigenvalue weighted by Gasteiger charge is 2.19. The van der Waals surface area contributed by atoms with Crippen LogP contribution in [-0.4, -0.2) is 32.2 Å². The fraction of sp³-hybridized carbons (Fsp3) is 0.391. The lowest BCUT2D eigenvalue weighted by molar-refractivity contribution is -0.152. The predicted molar refractivity (Wildman–Crippen MR) is 112 cm³/mol. The van der Waals surface area contributed by atoms with Gasteiger partial charge in [-0.15, -0.1) is 0 Å². The van der Waals surface area contributed by atoms with E-state index >= 15 is 0 Å². The normalized spacial score (nSPS) is 11.4. The largest absolute Gasteiger partial charge is 0.493 e. The van der Waals surface area contributed by atoms with E-state index in [9.17, 15) is 9.59 Å². The molecule has 6 heteroatoms. The second kappa shape index (κ2) is 11.1. The zero-order valence-electron chi connectivity index (χ0n) is 17.5. The van der Waals surface area contributed by atoms with E-state index in [1.54, 1.807) is 25.1 Å². The van der Waals surface area contributed by atoms with Gasteiger partial charge in [-0.05, 0) is 43.0 Å². The van der Waals surface area contributed by atoms with Crippen LogP contribution < -0.4 is 14.8 Å². The number of amides is 1. The van der Waals surface area contributed by atoms with Gasteiger partial charge in [0.1, 0.15) is 0 Å². The van der Waals surface area contributed by atoms with Crippen LogP contribution in [0.25, 0.3) is 0 Å². The van der Waals surface area contributed by atoms with Crippen molar-refractivity contribution >= 4 is 17.6 Å². The molecule has 0 aromatic heterocycles. The van der Waals surface area contributed by atoms with Crippen LogP contribution in [0.4, 0.5) is 5.69 Å². The van der Waals surface area contributed by atoms with Crippen LogP contribution >= 0.6 is 0 Å². The minimum absolute atomic E-state index is 0.127. The summed E-state index contributed by atoms with van der Waals surface area (Å²) in [5, 5.41) is 2.71. The Kier molecular flexibility index (Phi) is 8.52. The first-order valence-electron chi connectivity index (χ1n) is 9.77. The number of nitrogens with one attached hydrogen (secondary N) is 1. The number of ether oxygens (including phenoxy) is 3.